The van der Waals surface area contributed by atoms with Crippen LogP contribution in [0.1, 0.15) is 5.56 Å². The largest absolute Gasteiger partial charge is 0.497 e. The molecule has 0 atom stereocenters. The van der Waals surface area contributed by atoms with E-state index in [9.17, 15) is 0 Å². The zero-order valence-electron chi connectivity index (χ0n) is 9.44. The lowest BCUT2D eigenvalue weighted by atomic mass is 9.98. The molecule has 0 unspecified atom stereocenters. The topological polar surface area (TPSA) is 9.23 Å². The van der Waals surface area contributed by atoms with Crippen LogP contribution in [0.4, 0.5) is 0 Å². The number of ether oxygens (including phenoxy) is 1. The van der Waals surface area contributed by atoms with Crippen LogP contribution in [-0.2, 0) is 6.42 Å². The van der Waals surface area contributed by atoms with E-state index in [1.807, 2.05) is 18.2 Å². The fraction of sp³-hybridized carbons (Fsp3) is 0.133. The highest BCUT2D eigenvalue weighted by atomic mass is 16.5. The van der Waals surface area contributed by atoms with Crippen molar-refractivity contribution >= 4 is 0 Å². The van der Waals surface area contributed by atoms with Crippen molar-refractivity contribution in [3.05, 3.63) is 61.0 Å². The number of methoxy groups -OCH3 is 1. The van der Waals surface area contributed by atoms with Crippen LogP contribution in [0.5, 0.6) is 5.75 Å². The summed E-state index contributed by atoms with van der Waals surface area (Å²) in [5.74, 6) is 0.885. The molecule has 0 aliphatic heterocycles. The van der Waals surface area contributed by atoms with Crippen molar-refractivity contribution in [1.29, 1.82) is 0 Å². The van der Waals surface area contributed by atoms with Gasteiger partial charge in [0.05, 0.1) is 7.11 Å². The molecule has 1 radical (unpaired) electrons. The van der Waals surface area contributed by atoms with Gasteiger partial charge in [-0.15, -0.1) is 0 Å². The molecule has 16 heavy (non-hydrogen) atoms. The first-order valence-corrected chi connectivity index (χ1v) is 5.36. The van der Waals surface area contributed by atoms with Crippen molar-refractivity contribution in [2.24, 2.45) is 0 Å². The lowest BCUT2D eigenvalue weighted by Gasteiger charge is -2.08. The van der Waals surface area contributed by atoms with Crippen LogP contribution in [0.2, 0.25) is 0 Å². The lowest BCUT2D eigenvalue weighted by Crippen LogP contribution is -1.87. The van der Waals surface area contributed by atoms with Gasteiger partial charge in [-0.1, -0.05) is 36.4 Å². The van der Waals surface area contributed by atoms with E-state index in [1.54, 1.807) is 7.11 Å². The molecule has 0 aromatic heterocycles. The Kier molecular flexibility index (Phi) is 3.25. The minimum Gasteiger partial charge on any atom is -0.497 e. The summed E-state index contributed by atoms with van der Waals surface area (Å²) in [6, 6.07) is 16.5. The van der Waals surface area contributed by atoms with Crippen LogP contribution in [0.3, 0.4) is 0 Å². The van der Waals surface area contributed by atoms with Crippen LogP contribution < -0.4 is 4.74 Å². The summed E-state index contributed by atoms with van der Waals surface area (Å²) in [5.41, 5.74) is 3.73. The molecule has 0 saturated heterocycles. The molecule has 0 aliphatic carbocycles. The SMILES string of the molecule is [CH2]Cc1ccccc1-c1ccc(OC)cc1. The van der Waals surface area contributed by atoms with Gasteiger partial charge in [-0.3, -0.25) is 0 Å². The van der Waals surface area contributed by atoms with Crippen LogP contribution in [0.15, 0.2) is 48.5 Å². The number of rotatable bonds is 3. The molecule has 2 aromatic rings. The van der Waals surface area contributed by atoms with Crippen LogP contribution in [0, 0.1) is 6.92 Å². The molecular weight excluding hydrogens is 196 g/mol. The van der Waals surface area contributed by atoms with Gasteiger partial charge >= 0.3 is 0 Å². The monoisotopic (exact) mass is 211 g/mol. The summed E-state index contributed by atoms with van der Waals surface area (Å²) in [6.07, 6.45) is 0.808. The van der Waals surface area contributed by atoms with E-state index in [2.05, 4.69) is 37.3 Å². The highest BCUT2D eigenvalue weighted by Crippen LogP contribution is 2.25. The quantitative estimate of drug-likeness (QED) is 0.751. The Morgan fingerprint density at radius 3 is 2.31 bits per heavy atom. The predicted octanol–water partition coefficient (Wildman–Crippen LogP) is 3.74. The molecule has 0 fully saturated rings. The average Bonchev–Trinajstić information content (AvgIpc) is 2.39. The molecule has 1 heteroatoms. The summed E-state index contributed by atoms with van der Waals surface area (Å²) in [7, 11) is 1.68. The number of benzene rings is 2. The Bertz CT molecular complexity index is 457. The van der Waals surface area contributed by atoms with Gasteiger partial charge in [-0.05, 0) is 42.2 Å². The first kappa shape index (κ1) is 10.7. The number of hydrogen-bond acceptors (Lipinski definition) is 1. The Labute approximate surface area is 96.7 Å². The predicted molar refractivity (Wildman–Crippen MR) is 67.5 cm³/mol. The van der Waals surface area contributed by atoms with Crippen LogP contribution in [-0.4, -0.2) is 7.11 Å². The molecule has 0 spiro atoms. The second-order valence-electron chi connectivity index (χ2n) is 3.64. The molecule has 0 bridgehead atoms. The third-order valence-corrected chi connectivity index (χ3v) is 2.69. The van der Waals surface area contributed by atoms with Gasteiger partial charge in [0, 0.05) is 0 Å². The van der Waals surface area contributed by atoms with Gasteiger partial charge in [0.25, 0.3) is 0 Å². The second-order valence-corrected chi connectivity index (χ2v) is 3.64. The first-order valence-electron chi connectivity index (χ1n) is 5.36. The minimum absolute atomic E-state index is 0.808. The summed E-state index contributed by atoms with van der Waals surface area (Å²) in [6.45, 7) is 3.95. The van der Waals surface area contributed by atoms with Gasteiger partial charge in [0.15, 0.2) is 0 Å². The Morgan fingerprint density at radius 1 is 1.00 bits per heavy atom. The van der Waals surface area contributed by atoms with Crippen molar-refractivity contribution in [1.82, 2.24) is 0 Å². The normalized spacial score (nSPS) is 10.1. The summed E-state index contributed by atoms with van der Waals surface area (Å²) in [5, 5.41) is 0. The van der Waals surface area contributed by atoms with E-state index in [4.69, 9.17) is 4.74 Å². The van der Waals surface area contributed by atoms with Crippen LogP contribution in [0.25, 0.3) is 11.1 Å². The van der Waals surface area contributed by atoms with Gasteiger partial charge in [0.2, 0.25) is 0 Å². The van der Waals surface area contributed by atoms with Crippen molar-refractivity contribution in [3.8, 4) is 16.9 Å². The van der Waals surface area contributed by atoms with E-state index >= 15 is 0 Å². The highest BCUT2D eigenvalue weighted by molar-refractivity contribution is 5.68. The molecule has 81 valence electrons. The van der Waals surface area contributed by atoms with E-state index in [0.29, 0.717) is 0 Å². The molecule has 0 amide bonds. The summed E-state index contributed by atoms with van der Waals surface area (Å²) >= 11 is 0. The van der Waals surface area contributed by atoms with Crippen molar-refractivity contribution < 1.29 is 4.74 Å². The zero-order chi connectivity index (χ0) is 11.4. The van der Waals surface area contributed by atoms with Gasteiger partial charge < -0.3 is 4.74 Å². The fourth-order valence-electron chi connectivity index (χ4n) is 1.79. The Balaban J connectivity index is 2.42. The van der Waals surface area contributed by atoms with E-state index in [1.165, 1.54) is 16.7 Å². The maximum atomic E-state index is 5.15. The summed E-state index contributed by atoms with van der Waals surface area (Å²) < 4.78 is 5.15. The molecule has 2 rings (SSSR count). The van der Waals surface area contributed by atoms with Gasteiger partial charge in [0.1, 0.15) is 5.75 Å². The molecule has 2 aromatic carbocycles. The summed E-state index contributed by atoms with van der Waals surface area (Å²) in [4.78, 5) is 0. The Hall–Kier alpha value is -1.76. The smallest absolute Gasteiger partial charge is 0.118 e. The second kappa shape index (κ2) is 4.84. The molecule has 0 saturated carbocycles. The molecule has 0 aliphatic rings. The lowest BCUT2D eigenvalue weighted by molar-refractivity contribution is 0.415. The molecule has 0 heterocycles. The Morgan fingerprint density at radius 2 is 1.69 bits per heavy atom. The average molecular weight is 211 g/mol. The maximum Gasteiger partial charge on any atom is 0.118 e. The van der Waals surface area contributed by atoms with Crippen molar-refractivity contribution in [3.63, 3.8) is 0 Å². The molecule has 0 N–H and O–H groups in total. The zero-order valence-corrected chi connectivity index (χ0v) is 9.44. The van der Waals surface area contributed by atoms with Gasteiger partial charge in [-0.2, -0.15) is 0 Å². The minimum atomic E-state index is 0.808. The van der Waals surface area contributed by atoms with E-state index < -0.39 is 0 Å². The van der Waals surface area contributed by atoms with Crippen LogP contribution >= 0.6 is 0 Å². The van der Waals surface area contributed by atoms with Gasteiger partial charge in [-0.25, -0.2) is 0 Å². The molecule has 1 nitrogen and oxygen atoms in total. The highest BCUT2D eigenvalue weighted by Gasteiger charge is 2.02. The third-order valence-electron chi connectivity index (χ3n) is 2.69. The van der Waals surface area contributed by atoms with E-state index in [0.717, 1.165) is 12.2 Å². The number of hydrogen-bond donors (Lipinski definition) is 0. The van der Waals surface area contributed by atoms with E-state index in [-0.39, 0.29) is 0 Å². The first-order chi connectivity index (χ1) is 7.85. The molecular formula is C15H15O. The fourth-order valence-corrected chi connectivity index (χ4v) is 1.79. The standard InChI is InChI=1S/C15H15O/c1-3-12-6-4-5-7-15(12)13-8-10-14(16-2)11-9-13/h4-11H,1,3H2,2H3. The third kappa shape index (κ3) is 2.08. The maximum absolute atomic E-state index is 5.15. The van der Waals surface area contributed by atoms with Crippen molar-refractivity contribution in [2.45, 2.75) is 6.42 Å². The van der Waals surface area contributed by atoms with Crippen molar-refractivity contribution in [2.75, 3.05) is 7.11 Å².